The second kappa shape index (κ2) is 10.1. The number of rotatable bonds is 8. The third-order valence-corrected chi connectivity index (χ3v) is 5.19. The first-order valence-corrected chi connectivity index (χ1v) is 10.1. The Balaban J connectivity index is 1.64. The number of nitrogens with one attached hydrogen (secondary N) is 1. The van der Waals surface area contributed by atoms with Gasteiger partial charge < -0.3 is 25.2 Å². The van der Waals surface area contributed by atoms with Crippen molar-refractivity contribution in [3.8, 4) is 5.75 Å². The minimum absolute atomic E-state index is 0.0545. The number of likely N-dealkylation sites (tertiary alicyclic amines) is 1. The highest BCUT2D eigenvalue weighted by Crippen LogP contribution is 2.20. The Morgan fingerprint density at radius 3 is 2.52 bits per heavy atom. The molecule has 3 rings (SSSR count). The number of benzene rings is 2. The minimum atomic E-state index is -1.18. The third kappa shape index (κ3) is 6.05. The highest BCUT2D eigenvalue weighted by molar-refractivity contribution is 5.90. The summed E-state index contributed by atoms with van der Waals surface area (Å²) in [5.41, 5.74) is 1.70. The maximum atomic E-state index is 12.6. The molecular formula is C23H26N2O6. The summed E-state index contributed by atoms with van der Waals surface area (Å²) in [7, 11) is 0. The van der Waals surface area contributed by atoms with E-state index in [4.69, 9.17) is 4.74 Å². The summed E-state index contributed by atoms with van der Waals surface area (Å²) in [5, 5.41) is 21.9. The zero-order chi connectivity index (χ0) is 22.4. The van der Waals surface area contributed by atoms with E-state index in [1.165, 1.54) is 11.8 Å². The lowest BCUT2D eigenvalue weighted by Crippen LogP contribution is -2.51. The number of β-amino-alcohol motifs (C(OH)–C–C–N with tert-alkyl or cyclic N) is 1. The third-order valence-electron chi connectivity index (χ3n) is 5.19. The van der Waals surface area contributed by atoms with Gasteiger partial charge in [-0.25, -0.2) is 4.79 Å². The monoisotopic (exact) mass is 426 g/mol. The lowest BCUT2D eigenvalue weighted by molar-refractivity contribution is -0.143. The maximum absolute atomic E-state index is 12.6. The Morgan fingerprint density at radius 1 is 1.13 bits per heavy atom. The van der Waals surface area contributed by atoms with Crippen LogP contribution in [0.1, 0.15) is 24.5 Å². The molecule has 1 heterocycles. The van der Waals surface area contributed by atoms with Crippen LogP contribution in [0.15, 0.2) is 54.6 Å². The first-order chi connectivity index (χ1) is 14.8. The Labute approximate surface area is 180 Å². The summed E-state index contributed by atoms with van der Waals surface area (Å²) >= 11 is 0. The average Bonchev–Trinajstić information content (AvgIpc) is 3.15. The molecule has 0 bridgehead atoms. The molecule has 31 heavy (non-hydrogen) atoms. The van der Waals surface area contributed by atoms with Gasteiger partial charge in [-0.3, -0.25) is 9.59 Å². The molecule has 164 valence electrons. The van der Waals surface area contributed by atoms with E-state index in [1.807, 2.05) is 30.3 Å². The van der Waals surface area contributed by atoms with Crippen molar-refractivity contribution in [1.29, 1.82) is 0 Å². The van der Waals surface area contributed by atoms with Crippen molar-refractivity contribution in [2.75, 3.05) is 6.54 Å². The number of carboxylic acids is 1. The number of aliphatic hydroxyl groups is 1. The van der Waals surface area contributed by atoms with E-state index in [2.05, 4.69) is 5.32 Å². The van der Waals surface area contributed by atoms with Crippen molar-refractivity contribution >= 4 is 17.8 Å². The molecule has 1 aliphatic rings. The van der Waals surface area contributed by atoms with Gasteiger partial charge in [-0.1, -0.05) is 42.5 Å². The molecule has 0 saturated carbocycles. The Hall–Kier alpha value is -3.39. The predicted octanol–water partition coefficient (Wildman–Crippen LogP) is 1.36. The number of carboxylic acid groups (broad SMARTS) is 1. The van der Waals surface area contributed by atoms with Crippen LogP contribution in [0, 0.1) is 0 Å². The zero-order valence-electron chi connectivity index (χ0n) is 17.2. The minimum Gasteiger partial charge on any atom is -0.489 e. The number of hydrogen-bond acceptors (Lipinski definition) is 5. The topological polar surface area (TPSA) is 116 Å². The molecule has 1 fully saturated rings. The van der Waals surface area contributed by atoms with Crippen molar-refractivity contribution in [2.24, 2.45) is 0 Å². The van der Waals surface area contributed by atoms with Crippen LogP contribution in [0.3, 0.4) is 0 Å². The summed E-state index contributed by atoms with van der Waals surface area (Å²) in [6, 6.07) is 14.7. The first kappa shape index (κ1) is 22.3. The van der Waals surface area contributed by atoms with Crippen LogP contribution in [-0.2, 0) is 27.4 Å². The molecule has 0 aromatic heterocycles. The van der Waals surface area contributed by atoms with Crippen LogP contribution in [0.25, 0.3) is 0 Å². The van der Waals surface area contributed by atoms with E-state index < -0.39 is 30.1 Å². The van der Waals surface area contributed by atoms with E-state index in [0.29, 0.717) is 17.9 Å². The fraction of sp³-hybridized carbons (Fsp3) is 0.348. The molecule has 0 radical (unpaired) electrons. The van der Waals surface area contributed by atoms with Crippen molar-refractivity contribution in [2.45, 2.75) is 44.6 Å². The Bertz CT molecular complexity index is 933. The van der Waals surface area contributed by atoms with E-state index in [-0.39, 0.29) is 25.3 Å². The van der Waals surface area contributed by atoms with Crippen LogP contribution in [0.2, 0.25) is 0 Å². The number of aliphatic hydroxyl groups excluding tert-OH is 1. The van der Waals surface area contributed by atoms with Crippen LogP contribution < -0.4 is 10.1 Å². The van der Waals surface area contributed by atoms with Gasteiger partial charge in [0.25, 0.3) is 0 Å². The van der Waals surface area contributed by atoms with Gasteiger partial charge in [-0.05, 0) is 23.3 Å². The van der Waals surface area contributed by atoms with E-state index in [0.717, 1.165) is 5.56 Å². The number of nitrogens with zero attached hydrogens (tertiary/aromatic N) is 1. The molecule has 1 aliphatic heterocycles. The lowest BCUT2D eigenvalue weighted by atomic mass is 10.0. The molecule has 3 N–H and O–H groups in total. The highest BCUT2D eigenvalue weighted by atomic mass is 16.5. The average molecular weight is 426 g/mol. The molecule has 0 spiro atoms. The number of carbonyl (C=O) groups excluding carboxylic acids is 2. The molecule has 2 aromatic rings. The van der Waals surface area contributed by atoms with Gasteiger partial charge in [0.1, 0.15) is 24.4 Å². The van der Waals surface area contributed by atoms with Crippen LogP contribution in [-0.4, -0.2) is 57.6 Å². The number of carbonyl (C=O) groups is 3. The second-order valence-electron chi connectivity index (χ2n) is 7.60. The SMILES string of the molecule is CC(=O)N1C[C@H](O)C[C@H]1C(=O)N[C@@H](Cc1cccc(OCc2ccccc2)c1)C(=O)O. The molecule has 0 aliphatic carbocycles. The van der Waals surface area contributed by atoms with Gasteiger partial charge in [0, 0.05) is 26.3 Å². The summed E-state index contributed by atoms with van der Waals surface area (Å²) in [4.78, 5) is 37.4. The molecular weight excluding hydrogens is 400 g/mol. The van der Waals surface area contributed by atoms with Crippen molar-refractivity contribution in [1.82, 2.24) is 10.2 Å². The quantitative estimate of drug-likeness (QED) is 0.587. The number of amides is 2. The summed E-state index contributed by atoms with van der Waals surface area (Å²) in [6.45, 7) is 1.76. The molecule has 0 unspecified atom stereocenters. The predicted molar refractivity (Wildman–Crippen MR) is 112 cm³/mol. The Morgan fingerprint density at radius 2 is 1.84 bits per heavy atom. The molecule has 1 saturated heterocycles. The van der Waals surface area contributed by atoms with E-state index in [1.54, 1.807) is 24.3 Å². The second-order valence-corrected chi connectivity index (χ2v) is 7.60. The number of aliphatic carboxylic acids is 1. The van der Waals surface area contributed by atoms with Crippen molar-refractivity contribution in [3.63, 3.8) is 0 Å². The van der Waals surface area contributed by atoms with Crippen LogP contribution in [0.4, 0.5) is 0 Å². The van der Waals surface area contributed by atoms with Gasteiger partial charge in [-0.15, -0.1) is 0 Å². The van der Waals surface area contributed by atoms with Crippen LogP contribution in [0.5, 0.6) is 5.75 Å². The van der Waals surface area contributed by atoms with Gasteiger partial charge in [0.15, 0.2) is 0 Å². The van der Waals surface area contributed by atoms with Gasteiger partial charge in [-0.2, -0.15) is 0 Å². The lowest BCUT2D eigenvalue weighted by Gasteiger charge is -2.24. The van der Waals surface area contributed by atoms with Gasteiger partial charge >= 0.3 is 5.97 Å². The molecule has 8 heteroatoms. The summed E-state index contributed by atoms with van der Waals surface area (Å²) < 4.78 is 5.78. The van der Waals surface area contributed by atoms with Crippen molar-refractivity contribution in [3.05, 3.63) is 65.7 Å². The van der Waals surface area contributed by atoms with Gasteiger partial charge in [0.05, 0.1) is 6.10 Å². The van der Waals surface area contributed by atoms with Crippen LogP contribution >= 0.6 is 0 Å². The normalized spacial score (nSPS) is 19.0. The number of hydrogen-bond donors (Lipinski definition) is 3. The standard InChI is InChI=1S/C23H26N2O6/c1-15(26)25-13-18(27)12-21(25)22(28)24-20(23(29)30)11-17-8-5-9-19(10-17)31-14-16-6-3-2-4-7-16/h2-10,18,20-21,27H,11-14H2,1H3,(H,24,28)(H,29,30)/t18-,20+,21+/m1/s1. The molecule has 8 nitrogen and oxygen atoms in total. The van der Waals surface area contributed by atoms with Crippen molar-refractivity contribution < 1.29 is 29.3 Å². The summed E-state index contributed by atoms with van der Waals surface area (Å²) in [5.74, 6) is -1.52. The first-order valence-electron chi connectivity index (χ1n) is 10.1. The fourth-order valence-corrected chi connectivity index (χ4v) is 3.62. The van der Waals surface area contributed by atoms with E-state index >= 15 is 0 Å². The molecule has 2 aromatic carbocycles. The maximum Gasteiger partial charge on any atom is 0.326 e. The van der Waals surface area contributed by atoms with E-state index in [9.17, 15) is 24.6 Å². The fourth-order valence-electron chi connectivity index (χ4n) is 3.62. The smallest absolute Gasteiger partial charge is 0.326 e. The Kier molecular flexibility index (Phi) is 7.25. The number of ether oxygens (including phenoxy) is 1. The van der Waals surface area contributed by atoms with Gasteiger partial charge in [0.2, 0.25) is 11.8 Å². The summed E-state index contributed by atoms with van der Waals surface area (Å²) in [6.07, 6.45) is -0.666. The molecule has 2 amide bonds. The molecule has 3 atom stereocenters. The highest BCUT2D eigenvalue weighted by Gasteiger charge is 2.38. The zero-order valence-corrected chi connectivity index (χ0v) is 17.2. The largest absolute Gasteiger partial charge is 0.489 e.